The van der Waals surface area contributed by atoms with Crippen LogP contribution in [-0.2, 0) is 30.9 Å². The van der Waals surface area contributed by atoms with Crippen LogP contribution < -0.4 is 0 Å². The third-order valence-electron chi connectivity index (χ3n) is 0.676. The monoisotopic (exact) mass is 160 g/mol. The number of hydrogen-bond donors (Lipinski definition) is 0. The zero-order chi connectivity index (χ0) is 8.41. The summed E-state index contributed by atoms with van der Waals surface area (Å²) < 4.78 is 18.8. The quantitative estimate of drug-likeness (QED) is 0.559. The third-order valence-corrected chi connectivity index (χ3v) is 0.911. The SMILES string of the molecule is [2H]C([S-])CCCC.[2H][V][3H]. The van der Waals surface area contributed by atoms with Crippen molar-refractivity contribution < 1.29 is 19.6 Å². The minimum atomic E-state index is -0.812. The van der Waals surface area contributed by atoms with Crippen molar-refractivity contribution in [1.29, 1.82) is 1.76 Å². The first-order valence-corrected chi connectivity index (χ1v) is 2.82. The Labute approximate surface area is 66.3 Å². The van der Waals surface area contributed by atoms with Crippen LogP contribution in [-0.4, -0.2) is 7.49 Å². The molecule has 0 saturated heterocycles. The van der Waals surface area contributed by atoms with Crippen LogP contribution in [0, 0.1) is 0 Å². The Morgan fingerprint density at radius 2 is 2.71 bits per heavy atom. The first kappa shape index (κ1) is 4.78. The van der Waals surface area contributed by atoms with Gasteiger partial charge in [-0.3, -0.25) is 0 Å². The van der Waals surface area contributed by atoms with Gasteiger partial charge in [-0.25, -0.2) is 0 Å². The van der Waals surface area contributed by atoms with Crippen LogP contribution in [0.2, 0.25) is 0 Å². The molecule has 2 heteroatoms. The Morgan fingerprint density at radius 1 is 2.14 bits per heavy atom. The van der Waals surface area contributed by atoms with Gasteiger partial charge in [0.05, 0.1) is 0 Å². The molecule has 0 heterocycles. The van der Waals surface area contributed by atoms with Crippen molar-refractivity contribution in [3.05, 3.63) is 0 Å². The van der Waals surface area contributed by atoms with Crippen molar-refractivity contribution in [2.45, 2.75) is 26.2 Å². The maximum absolute atomic E-state index is 6.90. The van der Waals surface area contributed by atoms with Crippen molar-refractivity contribution >= 4 is 12.6 Å². The van der Waals surface area contributed by atoms with E-state index < -0.39 is 18.3 Å². The second-order valence-electron chi connectivity index (χ2n) is 1.31. The van der Waals surface area contributed by atoms with Crippen molar-refractivity contribution in [2.24, 2.45) is 0 Å². The molecule has 0 rings (SSSR count). The van der Waals surface area contributed by atoms with Gasteiger partial charge in [0.25, 0.3) is 0 Å². The molecule has 1 unspecified atom stereocenters. The number of hydrogen-bond acceptors (Lipinski definition) is 1. The second kappa shape index (κ2) is 10.0. The van der Waals surface area contributed by atoms with Gasteiger partial charge in [0.1, 0.15) is 0 Å². The molecule has 0 amide bonds. The molecule has 0 aliphatic heterocycles. The third kappa shape index (κ3) is 10.9. The summed E-state index contributed by atoms with van der Waals surface area (Å²) in [6.07, 6.45) is 3.15. The van der Waals surface area contributed by atoms with Crippen LogP contribution in [0.3, 0.4) is 0 Å². The number of unbranched alkanes of at least 4 members (excludes halogenated alkanes) is 1. The van der Waals surface area contributed by atoms with Crippen LogP contribution in [0.15, 0.2) is 0 Å². The van der Waals surface area contributed by atoms with Crippen LogP contribution >= 0.6 is 0 Å². The summed E-state index contributed by atoms with van der Waals surface area (Å²) in [6, 6.07) is 0. The standard InChI is InChI=1S/C5H12S.V.2H/c1-2-3-4-5-6;;;/h6H,2-5H2,1H3;;;/p-1/i5D;;1+2;1+1. The molecule has 0 nitrogen and oxygen atoms in total. The van der Waals surface area contributed by atoms with Gasteiger partial charge in [-0.1, -0.05) is 26.2 Å². The molecular weight excluding hydrogens is 143 g/mol. The number of rotatable bonds is 3. The van der Waals surface area contributed by atoms with E-state index in [4.69, 9.17) is 3.13 Å². The first-order valence-electron chi connectivity index (χ1n) is 3.82. The molecule has 0 bridgehead atoms. The van der Waals surface area contributed by atoms with E-state index in [-0.39, 0.29) is 5.73 Å². The van der Waals surface area contributed by atoms with E-state index in [0.717, 1.165) is 19.3 Å². The molecule has 7 heavy (non-hydrogen) atoms. The minimum absolute atomic E-state index is 0.264. The Balaban J connectivity index is 0. The topological polar surface area (TPSA) is 0 Å². The van der Waals surface area contributed by atoms with Crippen LogP contribution in [0.1, 0.15) is 27.6 Å². The summed E-state index contributed by atoms with van der Waals surface area (Å²) in [5.74, 6) is 0. The normalized spacial score (nSPS) is 16.6. The molecule has 0 spiro atoms. The predicted octanol–water partition coefficient (Wildman–Crippen LogP) is 1.19. The van der Waals surface area contributed by atoms with Crippen LogP contribution in [0.4, 0.5) is 0 Å². The fraction of sp³-hybridized carbons (Fsp3) is 1.00. The average Bonchev–Trinajstić information content (AvgIpc) is 1.85. The van der Waals surface area contributed by atoms with E-state index >= 15 is 0 Å². The molecular formula is C5H13SV-. The molecule has 1 atom stereocenters. The maximum atomic E-state index is 6.90. The molecule has 0 aliphatic carbocycles. The van der Waals surface area contributed by atoms with Gasteiger partial charge in [-0.15, -0.1) is 0 Å². The molecule has 0 aromatic carbocycles. The van der Waals surface area contributed by atoms with E-state index in [1.165, 1.54) is 0 Å². The van der Waals surface area contributed by atoms with Gasteiger partial charge in [-0.05, 0) is 1.37 Å². The summed E-state index contributed by atoms with van der Waals surface area (Å²) in [7, 11) is 0. The Bertz CT molecular complexity index is 54.2. The summed E-state index contributed by atoms with van der Waals surface area (Å²) in [5.41, 5.74) is -0.264. The van der Waals surface area contributed by atoms with Gasteiger partial charge in [0, 0.05) is 0 Å². The van der Waals surface area contributed by atoms with Crippen LogP contribution in [0.25, 0.3) is 0 Å². The second-order valence-corrected chi connectivity index (χ2v) is 1.64. The van der Waals surface area contributed by atoms with Gasteiger partial charge in [-0.2, -0.15) is 5.73 Å². The average molecular weight is 160 g/mol. The van der Waals surface area contributed by atoms with Crippen molar-refractivity contribution in [2.75, 3.05) is 5.73 Å². The summed E-state index contributed by atoms with van der Waals surface area (Å²) >= 11 is 3.80. The van der Waals surface area contributed by atoms with E-state index in [1.54, 1.807) is 0 Å². The van der Waals surface area contributed by atoms with Crippen molar-refractivity contribution in [1.82, 2.24) is 0 Å². The fourth-order valence-corrected chi connectivity index (χ4v) is 0.454. The van der Waals surface area contributed by atoms with Gasteiger partial charge < -0.3 is 12.6 Å². The first-order chi connectivity index (χ1) is 4.68. The zero-order valence-electron chi connectivity index (χ0n) is 7.55. The summed E-state index contributed by atoms with van der Waals surface area (Å²) in [5, 5.41) is 0. The van der Waals surface area contributed by atoms with Gasteiger partial charge >= 0.3 is 20.0 Å². The Morgan fingerprint density at radius 3 is 2.86 bits per heavy atom. The summed E-state index contributed by atoms with van der Waals surface area (Å²) in [6.45, 7) is 2.11. The fourth-order valence-electron chi connectivity index (χ4n) is 0.287. The van der Waals surface area contributed by atoms with Crippen molar-refractivity contribution in [3.8, 4) is 0 Å². The molecule has 0 aromatic heterocycles. The molecule has 0 saturated carbocycles. The predicted molar refractivity (Wildman–Crippen MR) is 34.5 cm³/mol. The molecule has 0 aromatic rings. The Kier molecular flexibility index (Phi) is 6.85. The summed E-state index contributed by atoms with van der Waals surface area (Å²) in [4.78, 5) is 0. The van der Waals surface area contributed by atoms with E-state index in [0.29, 0.717) is 0 Å². The Hall–Kier alpha value is 0.934. The molecule has 0 fully saturated rings. The van der Waals surface area contributed by atoms with Crippen molar-refractivity contribution in [3.63, 3.8) is 0 Å². The van der Waals surface area contributed by atoms with E-state index in [9.17, 15) is 0 Å². The molecule has 0 radical (unpaired) electrons. The van der Waals surface area contributed by atoms with Gasteiger partial charge in [0.2, 0.25) is 0 Å². The van der Waals surface area contributed by atoms with E-state index in [1.807, 2.05) is 0 Å². The van der Waals surface area contributed by atoms with Crippen LogP contribution in [0.5, 0.6) is 0 Å². The molecule has 0 N–H and O–H groups in total. The van der Waals surface area contributed by atoms with E-state index in [2.05, 4.69) is 19.6 Å². The van der Waals surface area contributed by atoms with Gasteiger partial charge in [0.15, 0.2) is 0 Å². The molecule has 0 aliphatic rings. The molecule has 45 valence electrons. The zero-order valence-corrected chi connectivity index (χ0v) is 6.77.